The Hall–Kier alpha value is -2.76. The Morgan fingerprint density at radius 2 is 2.19 bits per heavy atom. The Morgan fingerprint density at radius 1 is 1.38 bits per heavy atom. The van der Waals surface area contributed by atoms with Gasteiger partial charge in [-0.25, -0.2) is 9.37 Å². The minimum Gasteiger partial charge on any atom is -0.377 e. The van der Waals surface area contributed by atoms with E-state index in [1.54, 1.807) is 0 Å². The predicted molar refractivity (Wildman–Crippen MR) is 96.2 cm³/mol. The van der Waals surface area contributed by atoms with Crippen LogP contribution in [0.15, 0.2) is 36.5 Å². The van der Waals surface area contributed by atoms with Crippen LogP contribution in [0.25, 0.3) is 0 Å². The average molecular weight is 356 g/mol. The lowest BCUT2D eigenvalue weighted by Gasteiger charge is -2.35. The van der Waals surface area contributed by atoms with Crippen LogP contribution in [0.4, 0.5) is 21.8 Å². The SMILES string of the molecule is N#CCC(O)N1CCCC(Nc2nc(Nc3ccccc3)ncc2F)C1. The summed E-state index contributed by atoms with van der Waals surface area (Å²) in [6.45, 7) is 1.24. The molecule has 26 heavy (non-hydrogen) atoms. The molecule has 7 nitrogen and oxygen atoms in total. The number of piperidine rings is 1. The van der Waals surface area contributed by atoms with E-state index in [2.05, 4.69) is 20.6 Å². The van der Waals surface area contributed by atoms with Crippen LogP contribution < -0.4 is 10.6 Å². The molecule has 1 aliphatic heterocycles. The van der Waals surface area contributed by atoms with Gasteiger partial charge in [0, 0.05) is 24.8 Å². The van der Waals surface area contributed by atoms with Crippen molar-refractivity contribution in [2.45, 2.75) is 31.5 Å². The van der Waals surface area contributed by atoms with Crippen molar-refractivity contribution in [2.24, 2.45) is 0 Å². The number of anilines is 3. The molecule has 3 rings (SSSR count). The number of nitrogens with one attached hydrogen (secondary N) is 2. The molecular weight excluding hydrogens is 335 g/mol. The molecule has 1 saturated heterocycles. The van der Waals surface area contributed by atoms with Crippen molar-refractivity contribution in [3.63, 3.8) is 0 Å². The number of nitrogens with zero attached hydrogens (tertiary/aromatic N) is 4. The van der Waals surface area contributed by atoms with Crippen molar-refractivity contribution < 1.29 is 9.50 Å². The number of hydrogen-bond acceptors (Lipinski definition) is 7. The van der Waals surface area contributed by atoms with Gasteiger partial charge in [-0.2, -0.15) is 10.2 Å². The minimum absolute atomic E-state index is 0.0553. The summed E-state index contributed by atoms with van der Waals surface area (Å²) in [5.74, 6) is -0.101. The van der Waals surface area contributed by atoms with Gasteiger partial charge in [-0.15, -0.1) is 0 Å². The number of aliphatic hydroxyl groups is 1. The van der Waals surface area contributed by atoms with Gasteiger partial charge in [-0.05, 0) is 25.0 Å². The van der Waals surface area contributed by atoms with Crippen LogP contribution in [-0.4, -0.2) is 45.3 Å². The number of aromatic nitrogens is 2. The molecule has 2 unspecified atom stereocenters. The number of hydrogen-bond donors (Lipinski definition) is 3. The maximum absolute atomic E-state index is 14.1. The summed E-state index contributed by atoms with van der Waals surface area (Å²) in [7, 11) is 0. The third-order valence-electron chi connectivity index (χ3n) is 4.26. The molecule has 0 radical (unpaired) electrons. The molecule has 0 spiro atoms. The zero-order valence-corrected chi connectivity index (χ0v) is 14.3. The average Bonchev–Trinajstić information content (AvgIpc) is 2.66. The van der Waals surface area contributed by atoms with E-state index in [4.69, 9.17) is 5.26 Å². The van der Waals surface area contributed by atoms with Crippen molar-refractivity contribution in [1.29, 1.82) is 5.26 Å². The van der Waals surface area contributed by atoms with E-state index in [9.17, 15) is 9.50 Å². The monoisotopic (exact) mass is 356 g/mol. The van der Waals surface area contributed by atoms with Crippen LogP contribution in [-0.2, 0) is 0 Å². The quantitative estimate of drug-likeness (QED) is 0.731. The molecule has 3 N–H and O–H groups in total. The predicted octanol–water partition coefficient (Wildman–Crippen LogP) is 2.47. The van der Waals surface area contributed by atoms with E-state index in [0.717, 1.165) is 24.7 Å². The Morgan fingerprint density at radius 3 is 2.96 bits per heavy atom. The van der Waals surface area contributed by atoms with Gasteiger partial charge in [0.05, 0.1) is 18.7 Å². The van der Waals surface area contributed by atoms with Crippen LogP contribution in [0.1, 0.15) is 19.3 Å². The van der Waals surface area contributed by atoms with Crippen LogP contribution in [0.2, 0.25) is 0 Å². The summed E-state index contributed by atoms with van der Waals surface area (Å²) in [4.78, 5) is 10.0. The lowest BCUT2D eigenvalue weighted by atomic mass is 10.1. The van der Waals surface area contributed by atoms with Crippen LogP contribution >= 0.6 is 0 Å². The molecule has 1 fully saturated rings. The second-order valence-electron chi connectivity index (χ2n) is 6.20. The van der Waals surface area contributed by atoms with Crippen molar-refractivity contribution in [2.75, 3.05) is 23.7 Å². The fraction of sp³-hybridized carbons (Fsp3) is 0.389. The number of halogens is 1. The Kier molecular flexibility index (Phi) is 5.94. The van der Waals surface area contributed by atoms with Gasteiger partial charge >= 0.3 is 0 Å². The molecule has 1 aromatic heterocycles. The molecule has 0 aliphatic carbocycles. The molecule has 2 aromatic rings. The topological polar surface area (TPSA) is 97.1 Å². The van der Waals surface area contributed by atoms with Crippen molar-refractivity contribution >= 4 is 17.5 Å². The van der Waals surface area contributed by atoms with Gasteiger partial charge in [0.1, 0.15) is 6.23 Å². The second kappa shape index (κ2) is 8.56. The number of rotatable bonds is 6. The van der Waals surface area contributed by atoms with E-state index in [1.807, 2.05) is 41.3 Å². The summed E-state index contributed by atoms with van der Waals surface area (Å²) in [5.41, 5.74) is 0.813. The fourth-order valence-electron chi connectivity index (χ4n) is 2.98. The summed E-state index contributed by atoms with van der Waals surface area (Å²) in [5, 5.41) is 24.9. The Labute approximate surface area is 151 Å². The maximum Gasteiger partial charge on any atom is 0.229 e. The van der Waals surface area contributed by atoms with Crippen molar-refractivity contribution in [3.05, 3.63) is 42.3 Å². The normalized spacial score (nSPS) is 18.7. The second-order valence-corrected chi connectivity index (χ2v) is 6.20. The molecule has 136 valence electrons. The van der Waals surface area contributed by atoms with E-state index < -0.39 is 12.0 Å². The highest BCUT2D eigenvalue weighted by Crippen LogP contribution is 2.20. The summed E-state index contributed by atoms with van der Waals surface area (Å²) in [6, 6.07) is 11.3. The molecule has 2 heterocycles. The van der Waals surface area contributed by atoms with Crippen molar-refractivity contribution in [3.8, 4) is 6.07 Å². The van der Waals surface area contributed by atoms with Gasteiger partial charge in [0.2, 0.25) is 5.95 Å². The standard InChI is InChI=1S/C18H21FN6O/c19-15-11-21-18(23-13-5-2-1-3-6-13)24-17(15)22-14-7-4-10-25(12-14)16(26)8-9-20/h1-3,5-6,11,14,16,26H,4,7-8,10,12H2,(H2,21,22,23,24). The van der Waals surface area contributed by atoms with Gasteiger partial charge in [0.25, 0.3) is 0 Å². The highest BCUT2D eigenvalue weighted by atomic mass is 19.1. The smallest absolute Gasteiger partial charge is 0.229 e. The molecule has 2 atom stereocenters. The molecule has 1 aromatic carbocycles. The lowest BCUT2D eigenvalue weighted by Crippen LogP contribution is -2.47. The van der Waals surface area contributed by atoms with Crippen LogP contribution in [0.3, 0.4) is 0 Å². The van der Waals surface area contributed by atoms with E-state index in [0.29, 0.717) is 19.0 Å². The number of likely N-dealkylation sites (tertiary alicyclic amines) is 1. The first-order valence-electron chi connectivity index (χ1n) is 8.56. The lowest BCUT2D eigenvalue weighted by molar-refractivity contribution is -0.00674. The third-order valence-corrected chi connectivity index (χ3v) is 4.26. The number of aliphatic hydroxyl groups excluding tert-OH is 1. The molecular formula is C18H21FN6O. The van der Waals surface area contributed by atoms with Crippen LogP contribution in [0.5, 0.6) is 0 Å². The molecule has 8 heteroatoms. The van der Waals surface area contributed by atoms with E-state index in [-0.39, 0.29) is 18.3 Å². The van der Waals surface area contributed by atoms with E-state index >= 15 is 0 Å². The van der Waals surface area contributed by atoms with Crippen molar-refractivity contribution in [1.82, 2.24) is 14.9 Å². The number of para-hydroxylation sites is 1. The zero-order chi connectivity index (χ0) is 18.4. The van der Waals surface area contributed by atoms with Crippen LogP contribution in [0, 0.1) is 17.1 Å². The van der Waals surface area contributed by atoms with E-state index in [1.165, 1.54) is 0 Å². The summed E-state index contributed by atoms with van der Waals surface area (Å²) in [6.07, 6.45) is 2.07. The summed E-state index contributed by atoms with van der Waals surface area (Å²) >= 11 is 0. The molecule has 0 bridgehead atoms. The minimum atomic E-state index is -0.796. The maximum atomic E-state index is 14.1. The first kappa shape index (κ1) is 18.0. The largest absolute Gasteiger partial charge is 0.377 e. The fourth-order valence-corrected chi connectivity index (χ4v) is 2.98. The first-order chi connectivity index (χ1) is 12.7. The number of nitriles is 1. The molecule has 0 saturated carbocycles. The van der Waals surface area contributed by atoms with Gasteiger partial charge < -0.3 is 15.7 Å². The number of benzene rings is 1. The first-order valence-corrected chi connectivity index (χ1v) is 8.56. The Balaban J connectivity index is 1.67. The summed E-state index contributed by atoms with van der Waals surface area (Å²) < 4.78 is 14.1. The highest BCUT2D eigenvalue weighted by Gasteiger charge is 2.25. The van der Waals surface area contributed by atoms with Gasteiger partial charge in [-0.3, -0.25) is 4.90 Å². The molecule has 1 aliphatic rings. The van der Waals surface area contributed by atoms with Gasteiger partial charge in [0.15, 0.2) is 11.6 Å². The van der Waals surface area contributed by atoms with Gasteiger partial charge in [-0.1, -0.05) is 18.2 Å². The third kappa shape index (κ3) is 4.65. The highest BCUT2D eigenvalue weighted by molar-refractivity contribution is 5.54. The Bertz CT molecular complexity index is 766. The zero-order valence-electron chi connectivity index (χ0n) is 14.3. The molecule has 0 amide bonds.